The van der Waals surface area contributed by atoms with Gasteiger partial charge in [-0.05, 0) is 62.3 Å². The van der Waals surface area contributed by atoms with Crippen molar-refractivity contribution < 1.29 is 9.21 Å². The minimum absolute atomic E-state index is 0.235. The third kappa shape index (κ3) is 3.60. The quantitative estimate of drug-likeness (QED) is 0.560. The Balaban J connectivity index is 1.79. The maximum absolute atomic E-state index is 12.5. The molecule has 6 heteroatoms. The number of para-hydroxylation sites is 1. The van der Waals surface area contributed by atoms with Gasteiger partial charge < -0.3 is 9.73 Å². The van der Waals surface area contributed by atoms with E-state index in [1.165, 1.54) is 0 Å². The van der Waals surface area contributed by atoms with E-state index in [1.54, 1.807) is 0 Å². The number of fused-ring (bicyclic) bond motifs is 1. The highest BCUT2D eigenvalue weighted by Gasteiger charge is 2.18. The second-order valence-electron chi connectivity index (χ2n) is 5.88. The van der Waals surface area contributed by atoms with E-state index < -0.39 is 0 Å². The van der Waals surface area contributed by atoms with Crippen LogP contribution in [-0.2, 0) is 0 Å². The van der Waals surface area contributed by atoms with Crippen molar-refractivity contribution in [3.8, 4) is 0 Å². The number of furan rings is 1. The summed E-state index contributed by atoms with van der Waals surface area (Å²) in [6.07, 6.45) is 0. The molecule has 0 radical (unpaired) electrons. The molecule has 128 valence electrons. The van der Waals surface area contributed by atoms with Crippen LogP contribution >= 0.6 is 28.1 Å². The number of aryl methyl sites for hydroxylation is 3. The van der Waals surface area contributed by atoms with E-state index in [9.17, 15) is 4.79 Å². The summed E-state index contributed by atoms with van der Waals surface area (Å²) in [5.41, 5.74) is 4.43. The number of benzene rings is 2. The zero-order valence-electron chi connectivity index (χ0n) is 14.1. The van der Waals surface area contributed by atoms with Crippen molar-refractivity contribution in [2.75, 3.05) is 5.32 Å². The molecule has 0 unspecified atom stereocenters. The van der Waals surface area contributed by atoms with Crippen molar-refractivity contribution in [1.82, 2.24) is 5.32 Å². The summed E-state index contributed by atoms with van der Waals surface area (Å²) in [7, 11) is 0. The number of hydrogen-bond donors (Lipinski definition) is 2. The van der Waals surface area contributed by atoms with Crippen LogP contribution < -0.4 is 10.6 Å². The molecule has 25 heavy (non-hydrogen) atoms. The largest absolute Gasteiger partial charge is 0.451 e. The van der Waals surface area contributed by atoms with Gasteiger partial charge in [0.25, 0.3) is 5.91 Å². The maximum atomic E-state index is 12.5. The number of carbonyl (C=O) groups is 1. The van der Waals surface area contributed by atoms with E-state index in [2.05, 4.69) is 26.6 Å². The van der Waals surface area contributed by atoms with Crippen molar-refractivity contribution in [3.63, 3.8) is 0 Å². The van der Waals surface area contributed by atoms with Crippen molar-refractivity contribution in [2.45, 2.75) is 20.8 Å². The number of nitrogens with one attached hydrogen (secondary N) is 2. The van der Waals surface area contributed by atoms with Crippen LogP contribution in [0.2, 0.25) is 0 Å². The van der Waals surface area contributed by atoms with Crippen LogP contribution in [0.3, 0.4) is 0 Å². The Bertz CT molecular complexity index is 971. The van der Waals surface area contributed by atoms with E-state index >= 15 is 0 Å². The Kier molecular flexibility index (Phi) is 4.92. The van der Waals surface area contributed by atoms with E-state index in [0.717, 1.165) is 32.2 Å². The second-order valence-corrected chi connectivity index (χ2v) is 7.20. The lowest BCUT2D eigenvalue weighted by molar-refractivity contribution is 0.0952. The summed E-state index contributed by atoms with van der Waals surface area (Å²) in [5.74, 6) is -0.0896. The van der Waals surface area contributed by atoms with Crippen LogP contribution in [0, 0.1) is 20.8 Å². The molecule has 2 N–H and O–H groups in total. The van der Waals surface area contributed by atoms with Crippen LogP contribution in [0.25, 0.3) is 11.0 Å². The molecule has 1 heterocycles. The molecular formula is C19H17BrN2O2S. The molecule has 0 fully saturated rings. The molecule has 0 saturated heterocycles. The van der Waals surface area contributed by atoms with Gasteiger partial charge in [0, 0.05) is 21.1 Å². The SMILES string of the molecule is Cc1cc(Br)cc(C)c1NC(=S)NC(=O)c1oc2ccccc2c1C. The Morgan fingerprint density at radius 3 is 2.40 bits per heavy atom. The van der Waals surface area contributed by atoms with Gasteiger partial charge in [-0.25, -0.2) is 0 Å². The zero-order chi connectivity index (χ0) is 18.1. The molecule has 3 rings (SSSR count). The van der Waals surface area contributed by atoms with Crippen LogP contribution in [-0.4, -0.2) is 11.0 Å². The molecule has 0 aliphatic heterocycles. The van der Waals surface area contributed by atoms with Crippen LogP contribution in [0.4, 0.5) is 5.69 Å². The zero-order valence-corrected chi connectivity index (χ0v) is 16.5. The molecule has 0 bridgehead atoms. The van der Waals surface area contributed by atoms with Gasteiger partial charge in [-0.3, -0.25) is 10.1 Å². The average Bonchev–Trinajstić information content (AvgIpc) is 2.88. The van der Waals surface area contributed by atoms with Gasteiger partial charge in [0.2, 0.25) is 0 Å². The Labute approximate surface area is 159 Å². The first-order valence-corrected chi connectivity index (χ1v) is 8.94. The van der Waals surface area contributed by atoms with Crippen LogP contribution in [0.15, 0.2) is 45.3 Å². The standard InChI is InChI=1S/C19H17BrN2O2S/c1-10-8-13(20)9-11(2)16(10)21-19(25)22-18(23)17-12(3)14-6-4-5-7-15(14)24-17/h4-9H,1-3H3,(H2,21,22,23,25). The van der Waals surface area contributed by atoms with E-state index in [4.69, 9.17) is 16.6 Å². The monoisotopic (exact) mass is 416 g/mol. The summed E-state index contributed by atoms with van der Waals surface area (Å²) >= 11 is 8.76. The fraction of sp³-hybridized carbons (Fsp3) is 0.158. The van der Waals surface area contributed by atoms with Crippen molar-refractivity contribution in [3.05, 3.63) is 63.3 Å². The fourth-order valence-corrected chi connectivity index (χ4v) is 3.68. The normalized spacial score (nSPS) is 10.7. The first-order chi connectivity index (χ1) is 11.9. The molecule has 1 amide bonds. The highest BCUT2D eigenvalue weighted by atomic mass is 79.9. The van der Waals surface area contributed by atoms with E-state index in [-0.39, 0.29) is 16.8 Å². The van der Waals surface area contributed by atoms with Gasteiger partial charge in [-0.15, -0.1) is 0 Å². The lowest BCUT2D eigenvalue weighted by Crippen LogP contribution is -2.34. The highest BCUT2D eigenvalue weighted by molar-refractivity contribution is 9.10. The Morgan fingerprint density at radius 2 is 1.76 bits per heavy atom. The minimum atomic E-state index is -0.362. The van der Waals surface area contributed by atoms with Crippen molar-refractivity contribution >= 4 is 55.8 Å². The lowest BCUT2D eigenvalue weighted by Gasteiger charge is -2.14. The number of halogens is 1. The maximum Gasteiger partial charge on any atom is 0.293 e. The summed E-state index contributed by atoms with van der Waals surface area (Å²) in [6, 6.07) is 11.5. The minimum Gasteiger partial charge on any atom is -0.451 e. The molecular weight excluding hydrogens is 400 g/mol. The predicted octanol–water partition coefficient (Wildman–Crippen LogP) is 5.25. The predicted molar refractivity (Wildman–Crippen MR) is 108 cm³/mol. The fourth-order valence-electron chi connectivity index (χ4n) is 2.80. The molecule has 2 aromatic carbocycles. The first-order valence-electron chi connectivity index (χ1n) is 7.74. The molecule has 0 spiro atoms. The number of carbonyl (C=O) groups excluding carboxylic acids is 1. The number of rotatable bonds is 2. The summed E-state index contributed by atoms with van der Waals surface area (Å²) < 4.78 is 6.67. The number of amides is 1. The van der Waals surface area contributed by atoms with Crippen LogP contribution in [0.5, 0.6) is 0 Å². The molecule has 1 aromatic heterocycles. The topological polar surface area (TPSA) is 54.3 Å². The smallest absolute Gasteiger partial charge is 0.293 e. The van der Waals surface area contributed by atoms with Crippen molar-refractivity contribution in [2.24, 2.45) is 0 Å². The number of anilines is 1. The number of thiocarbonyl (C=S) groups is 1. The van der Waals surface area contributed by atoms with Gasteiger partial charge in [0.15, 0.2) is 10.9 Å². The van der Waals surface area contributed by atoms with Gasteiger partial charge >= 0.3 is 0 Å². The van der Waals surface area contributed by atoms with E-state index in [0.29, 0.717) is 5.58 Å². The lowest BCUT2D eigenvalue weighted by atomic mass is 10.1. The van der Waals surface area contributed by atoms with Crippen LogP contribution in [0.1, 0.15) is 27.2 Å². The summed E-state index contributed by atoms with van der Waals surface area (Å²) in [4.78, 5) is 12.5. The third-order valence-electron chi connectivity index (χ3n) is 4.01. The molecule has 4 nitrogen and oxygen atoms in total. The van der Waals surface area contributed by atoms with E-state index in [1.807, 2.05) is 57.2 Å². The van der Waals surface area contributed by atoms with Gasteiger partial charge in [-0.2, -0.15) is 0 Å². The highest BCUT2D eigenvalue weighted by Crippen LogP contribution is 2.26. The molecule has 0 aliphatic carbocycles. The summed E-state index contributed by atoms with van der Waals surface area (Å²) in [6.45, 7) is 5.82. The Morgan fingerprint density at radius 1 is 1.12 bits per heavy atom. The second kappa shape index (κ2) is 6.98. The molecule has 0 atom stereocenters. The van der Waals surface area contributed by atoms with Gasteiger partial charge in [-0.1, -0.05) is 34.1 Å². The molecule has 3 aromatic rings. The molecule has 0 saturated carbocycles. The average molecular weight is 417 g/mol. The number of hydrogen-bond acceptors (Lipinski definition) is 3. The first kappa shape index (κ1) is 17.6. The summed E-state index contributed by atoms with van der Waals surface area (Å²) in [5, 5.41) is 6.95. The Hall–Kier alpha value is -2.18. The van der Waals surface area contributed by atoms with Gasteiger partial charge in [0.1, 0.15) is 5.58 Å². The van der Waals surface area contributed by atoms with Crippen molar-refractivity contribution in [1.29, 1.82) is 0 Å². The third-order valence-corrected chi connectivity index (χ3v) is 4.67. The van der Waals surface area contributed by atoms with Gasteiger partial charge in [0.05, 0.1) is 0 Å². The molecule has 0 aliphatic rings.